The molecule has 1 aliphatic rings. The van der Waals surface area contributed by atoms with Gasteiger partial charge in [-0.05, 0) is 30.7 Å². The van der Waals surface area contributed by atoms with Crippen LogP contribution in [0.3, 0.4) is 0 Å². The third-order valence-corrected chi connectivity index (χ3v) is 4.38. The molecule has 4 heteroatoms. The van der Waals surface area contributed by atoms with Crippen molar-refractivity contribution in [2.75, 3.05) is 0 Å². The van der Waals surface area contributed by atoms with E-state index < -0.39 is 17.8 Å². The van der Waals surface area contributed by atoms with Crippen LogP contribution in [0, 0.1) is 17.8 Å². The summed E-state index contributed by atoms with van der Waals surface area (Å²) in [6.45, 7) is 4.03. The molecule has 1 aliphatic carbocycles. The Morgan fingerprint density at radius 2 is 1.86 bits per heavy atom. The highest BCUT2D eigenvalue weighted by Crippen LogP contribution is 2.37. The van der Waals surface area contributed by atoms with Crippen LogP contribution in [0.15, 0.2) is 30.3 Å². The van der Waals surface area contributed by atoms with Gasteiger partial charge in [-0.3, -0.25) is 9.59 Å². The number of hydrogen-bond donors (Lipinski definition) is 2. The molecular formula is C17H23NO3. The predicted octanol–water partition coefficient (Wildman–Crippen LogP) is 3.00. The van der Waals surface area contributed by atoms with Crippen molar-refractivity contribution in [3.63, 3.8) is 0 Å². The van der Waals surface area contributed by atoms with Gasteiger partial charge in [0.25, 0.3) is 0 Å². The van der Waals surface area contributed by atoms with Crippen LogP contribution in [0.1, 0.15) is 44.7 Å². The van der Waals surface area contributed by atoms with E-state index >= 15 is 0 Å². The highest BCUT2D eigenvalue weighted by molar-refractivity contribution is 5.85. The number of nitrogens with one attached hydrogen (secondary N) is 1. The van der Waals surface area contributed by atoms with E-state index in [2.05, 4.69) is 5.32 Å². The number of carboxylic acids is 1. The van der Waals surface area contributed by atoms with Crippen LogP contribution < -0.4 is 5.32 Å². The van der Waals surface area contributed by atoms with E-state index in [9.17, 15) is 14.7 Å². The van der Waals surface area contributed by atoms with Gasteiger partial charge < -0.3 is 10.4 Å². The molecule has 1 amide bonds. The van der Waals surface area contributed by atoms with Gasteiger partial charge in [-0.15, -0.1) is 0 Å². The Labute approximate surface area is 125 Å². The van der Waals surface area contributed by atoms with Crippen molar-refractivity contribution >= 4 is 11.9 Å². The zero-order chi connectivity index (χ0) is 15.4. The highest BCUT2D eigenvalue weighted by Gasteiger charge is 2.41. The normalized spacial score (nSPS) is 26.3. The van der Waals surface area contributed by atoms with Gasteiger partial charge in [0, 0.05) is 0 Å². The first-order chi connectivity index (χ1) is 10.0. The lowest BCUT2D eigenvalue weighted by molar-refractivity contribution is -0.146. The fourth-order valence-corrected chi connectivity index (χ4v) is 3.24. The first kappa shape index (κ1) is 15.5. The fraction of sp³-hybridized carbons (Fsp3) is 0.529. The number of carboxylic acid groups (broad SMARTS) is 1. The number of carbonyl (C=O) groups excluding carboxylic acids is 1. The van der Waals surface area contributed by atoms with E-state index in [1.807, 2.05) is 44.2 Å². The molecule has 114 valence electrons. The Kier molecular flexibility index (Phi) is 4.99. The maximum Gasteiger partial charge on any atom is 0.307 e. The van der Waals surface area contributed by atoms with Crippen LogP contribution in [0.2, 0.25) is 0 Å². The topological polar surface area (TPSA) is 66.4 Å². The molecule has 2 unspecified atom stereocenters. The summed E-state index contributed by atoms with van der Waals surface area (Å²) in [5.41, 5.74) is 1.06. The zero-order valence-corrected chi connectivity index (χ0v) is 12.6. The smallest absolute Gasteiger partial charge is 0.307 e. The van der Waals surface area contributed by atoms with Crippen LogP contribution >= 0.6 is 0 Å². The van der Waals surface area contributed by atoms with Gasteiger partial charge in [0.2, 0.25) is 5.91 Å². The second kappa shape index (κ2) is 6.74. The molecule has 2 rings (SSSR count). The second-order valence-electron chi connectivity index (χ2n) is 6.01. The van der Waals surface area contributed by atoms with Crippen molar-refractivity contribution in [2.24, 2.45) is 17.8 Å². The molecule has 2 N–H and O–H groups in total. The molecule has 1 fully saturated rings. The van der Waals surface area contributed by atoms with Gasteiger partial charge in [-0.1, -0.05) is 44.2 Å². The molecule has 0 heterocycles. The number of hydrogen-bond acceptors (Lipinski definition) is 2. The van der Waals surface area contributed by atoms with Crippen LogP contribution in [0.5, 0.6) is 0 Å². The van der Waals surface area contributed by atoms with Crippen molar-refractivity contribution < 1.29 is 14.7 Å². The molecule has 1 saturated carbocycles. The van der Waals surface area contributed by atoms with Crippen molar-refractivity contribution in [1.29, 1.82) is 0 Å². The summed E-state index contributed by atoms with van der Waals surface area (Å²) < 4.78 is 0. The Morgan fingerprint density at radius 3 is 2.43 bits per heavy atom. The average molecular weight is 289 g/mol. The summed E-state index contributed by atoms with van der Waals surface area (Å²) in [4.78, 5) is 23.8. The molecule has 0 bridgehead atoms. The van der Waals surface area contributed by atoms with Gasteiger partial charge in [-0.25, -0.2) is 0 Å². The molecule has 1 aromatic carbocycles. The first-order valence-corrected chi connectivity index (χ1v) is 7.61. The summed E-state index contributed by atoms with van der Waals surface area (Å²) in [5.74, 6) is -1.64. The van der Waals surface area contributed by atoms with E-state index in [0.29, 0.717) is 18.8 Å². The first-order valence-electron chi connectivity index (χ1n) is 7.61. The minimum Gasteiger partial charge on any atom is -0.481 e. The lowest BCUT2D eigenvalue weighted by atomic mass is 9.94. The largest absolute Gasteiger partial charge is 0.481 e. The number of carbonyl (C=O) groups is 2. The Morgan fingerprint density at radius 1 is 1.24 bits per heavy atom. The van der Waals surface area contributed by atoms with Gasteiger partial charge in [-0.2, -0.15) is 0 Å². The van der Waals surface area contributed by atoms with Crippen molar-refractivity contribution in [3.05, 3.63) is 35.9 Å². The quantitative estimate of drug-likeness (QED) is 0.875. The molecule has 0 spiro atoms. The van der Waals surface area contributed by atoms with Crippen molar-refractivity contribution in [1.82, 2.24) is 5.32 Å². The van der Waals surface area contributed by atoms with Crippen LogP contribution in [0.25, 0.3) is 0 Å². The number of aliphatic carboxylic acids is 1. The van der Waals surface area contributed by atoms with Gasteiger partial charge >= 0.3 is 5.97 Å². The van der Waals surface area contributed by atoms with Crippen LogP contribution in [0.4, 0.5) is 0 Å². The molecule has 4 nitrogen and oxygen atoms in total. The summed E-state index contributed by atoms with van der Waals surface area (Å²) in [5, 5.41) is 12.3. The fourth-order valence-electron chi connectivity index (χ4n) is 3.24. The van der Waals surface area contributed by atoms with Gasteiger partial charge in [0.1, 0.15) is 0 Å². The predicted molar refractivity (Wildman–Crippen MR) is 80.6 cm³/mol. The number of amides is 1. The molecular weight excluding hydrogens is 266 g/mol. The molecule has 1 aromatic rings. The van der Waals surface area contributed by atoms with Crippen LogP contribution in [-0.2, 0) is 9.59 Å². The highest BCUT2D eigenvalue weighted by atomic mass is 16.4. The minimum atomic E-state index is -0.854. The summed E-state index contributed by atoms with van der Waals surface area (Å²) in [6, 6.07) is 9.76. The standard InChI is InChI=1S/C17H23NO3/c1-3-15(12-7-5-4-6-8-12)18-16(19)13-9-11(2)10-14(13)17(20)21/h4-8,11,13-15H,3,9-10H2,1-2H3,(H,18,19)(H,20,21)/t11?,13-,14+,15?/m0/s1. The number of benzene rings is 1. The average Bonchev–Trinajstić information content (AvgIpc) is 2.88. The molecule has 0 saturated heterocycles. The lowest BCUT2D eigenvalue weighted by Crippen LogP contribution is -2.37. The summed E-state index contributed by atoms with van der Waals surface area (Å²) in [6.07, 6.45) is 2.04. The lowest BCUT2D eigenvalue weighted by Gasteiger charge is -2.22. The molecule has 21 heavy (non-hydrogen) atoms. The maximum absolute atomic E-state index is 12.5. The van der Waals surface area contributed by atoms with Crippen molar-refractivity contribution in [3.8, 4) is 0 Å². The van der Waals surface area contributed by atoms with E-state index in [1.165, 1.54) is 0 Å². The molecule has 4 atom stereocenters. The van der Waals surface area contributed by atoms with E-state index in [-0.39, 0.29) is 11.9 Å². The molecule has 0 aromatic heterocycles. The molecule has 0 radical (unpaired) electrons. The zero-order valence-electron chi connectivity index (χ0n) is 12.6. The summed E-state index contributed by atoms with van der Waals surface area (Å²) >= 11 is 0. The third-order valence-electron chi connectivity index (χ3n) is 4.38. The minimum absolute atomic E-state index is 0.0518. The molecule has 0 aliphatic heterocycles. The maximum atomic E-state index is 12.5. The monoisotopic (exact) mass is 289 g/mol. The van der Waals surface area contributed by atoms with E-state index in [1.54, 1.807) is 0 Å². The van der Waals surface area contributed by atoms with E-state index in [0.717, 1.165) is 12.0 Å². The SMILES string of the molecule is CCC(NC(=O)[C@H]1CC(C)C[C@H]1C(=O)O)c1ccccc1. The Hall–Kier alpha value is -1.84. The van der Waals surface area contributed by atoms with Gasteiger partial charge in [0.05, 0.1) is 17.9 Å². The van der Waals surface area contributed by atoms with E-state index in [4.69, 9.17) is 0 Å². The Bertz CT molecular complexity index is 500. The third kappa shape index (κ3) is 3.63. The second-order valence-corrected chi connectivity index (χ2v) is 6.01. The van der Waals surface area contributed by atoms with Crippen LogP contribution in [-0.4, -0.2) is 17.0 Å². The Balaban J connectivity index is 2.07. The van der Waals surface area contributed by atoms with Gasteiger partial charge in [0.15, 0.2) is 0 Å². The number of rotatable bonds is 5. The van der Waals surface area contributed by atoms with Crippen molar-refractivity contribution in [2.45, 2.75) is 39.2 Å². The summed E-state index contributed by atoms with van der Waals surface area (Å²) in [7, 11) is 0.